The Kier molecular flexibility index (Phi) is 6.83. The van der Waals surface area contributed by atoms with Crippen LogP contribution in [0.5, 0.6) is 0 Å². The van der Waals surface area contributed by atoms with E-state index in [-0.39, 0.29) is 5.54 Å². The third-order valence-corrected chi connectivity index (χ3v) is 10.1. The van der Waals surface area contributed by atoms with E-state index in [1.165, 1.54) is 44.2 Å². The number of fused-ring (bicyclic) bond motifs is 4. The Hall–Kier alpha value is -5.73. The zero-order valence-electron chi connectivity index (χ0n) is 27.0. The van der Waals surface area contributed by atoms with E-state index in [0.717, 1.165) is 58.0 Å². The van der Waals surface area contributed by atoms with Crippen LogP contribution in [0.4, 0.5) is 0 Å². The molecular formula is C46H35NO. The Bertz CT molecular complexity index is 2470. The van der Waals surface area contributed by atoms with Crippen LogP contribution in [0, 0.1) is 0 Å². The van der Waals surface area contributed by atoms with Crippen LogP contribution in [0.1, 0.15) is 48.4 Å². The van der Waals surface area contributed by atoms with E-state index < -0.39 is 0 Å². The van der Waals surface area contributed by atoms with E-state index in [0.29, 0.717) is 0 Å². The van der Waals surface area contributed by atoms with Gasteiger partial charge in [0.05, 0.1) is 11.3 Å². The van der Waals surface area contributed by atoms with Crippen LogP contribution in [-0.2, 0) is 5.54 Å². The molecule has 2 heteroatoms. The van der Waals surface area contributed by atoms with Gasteiger partial charge in [0.15, 0.2) is 0 Å². The molecule has 5 aromatic carbocycles. The average Bonchev–Trinajstić information content (AvgIpc) is 3.89. The Morgan fingerprint density at radius 1 is 0.625 bits per heavy atom. The summed E-state index contributed by atoms with van der Waals surface area (Å²) in [6.45, 7) is 2.20. The first-order valence-corrected chi connectivity index (χ1v) is 16.9. The molecule has 1 saturated carbocycles. The molecular weight excluding hydrogens is 583 g/mol. The minimum atomic E-state index is -0.195. The molecule has 230 valence electrons. The molecule has 1 fully saturated rings. The van der Waals surface area contributed by atoms with Crippen molar-refractivity contribution in [1.29, 1.82) is 0 Å². The smallest absolute Gasteiger partial charge is 0.136 e. The number of rotatable bonds is 5. The number of benzene rings is 5. The molecule has 0 atom stereocenters. The molecule has 1 aromatic heterocycles. The summed E-state index contributed by atoms with van der Waals surface area (Å²) < 4.78 is 6.41. The number of hydrogen-bond acceptors (Lipinski definition) is 2. The molecule has 0 spiro atoms. The molecule has 9 rings (SSSR count). The highest BCUT2D eigenvalue weighted by molar-refractivity contribution is 6.17. The zero-order chi connectivity index (χ0) is 32.1. The maximum Gasteiger partial charge on any atom is 0.136 e. The third-order valence-electron chi connectivity index (χ3n) is 10.1. The first kappa shape index (κ1) is 28.5. The largest absolute Gasteiger partial charge is 0.456 e. The normalized spacial score (nSPS) is 18.7. The van der Waals surface area contributed by atoms with E-state index in [1.54, 1.807) is 0 Å². The lowest BCUT2D eigenvalue weighted by Gasteiger charge is -2.18. The topological polar surface area (TPSA) is 25.5 Å². The van der Waals surface area contributed by atoms with Crippen LogP contribution in [0.15, 0.2) is 173 Å². The molecule has 0 aliphatic heterocycles. The quantitative estimate of drug-likeness (QED) is 0.189. The van der Waals surface area contributed by atoms with Gasteiger partial charge in [0.2, 0.25) is 0 Å². The molecule has 0 saturated heterocycles. The van der Waals surface area contributed by atoms with Gasteiger partial charge in [-0.05, 0) is 112 Å². The minimum absolute atomic E-state index is 0.195. The predicted molar refractivity (Wildman–Crippen MR) is 203 cm³/mol. The molecule has 6 aromatic rings. The van der Waals surface area contributed by atoms with Crippen molar-refractivity contribution in [2.75, 3.05) is 0 Å². The van der Waals surface area contributed by atoms with Gasteiger partial charge in [0, 0.05) is 16.3 Å². The first-order chi connectivity index (χ1) is 23.6. The van der Waals surface area contributed by atoms with Crippen molar-refractivity contribution in [1.82, 2.24) is 0 Å². The average molecular weight is 618 g/mol. The van der Waals surface area contributed by atoms with Gasteiger partial charge >= 0.3 is 0 Å². The van der Waals surface area contributed by atoms with Crippen molar-refractivity contribution in [3.8, 4) is 0 Å². The second kappa shape index (κ2) is 11.5. The fourth-order valence-corrected chi connectivity index (χ4v) is 7.23. The summed E-state index contributed by atoms with van der Waals surface area (Å²) in [7, 11) is 0. The maximum absolute atomic E-state index is 6.41. The highest BCUT2D eigenvalue weighted by Crippen LogP contribution is 2.51. The van der Waals surface area contributed by atoms with Crippen LogP contribution in [0.3, 0.4) is 0 Å². The summed E-state index contributed by atoms with van der Waals surface area (Å²) in [5.74, 6) is 0. The molecule has 3 aliphatic rings. The fourth-order valence-electron chi connectivity index (χ4n) is 7.23. The van der Waals surface area contributed by atoms with Crippen LogP contribution in [-0.4, -0.2) is 5.71 Å². The summed E-state index contributed by atoms with van der Waals surface area (Å²) in [4.78, 5) is 5.51. The van der Waals surface area contributed by atoms with E-state index in [9.17, 15) is 0 Å². The SMILES string of the molecule is C/C(=C1/C=CC=CC1=NC1(c2cccc(C3=CCC=C(c4ccccc4)C=C3)c2)CC1)c1ccc2c(c1)oc1cc3ccccc3cc12. The summed E-state index contributed by atoms with van der Waals surface area (Å²) in [6, 6.07) is 39.1. The number of hydrogen-bond donors (Lipinski definition) is 0. The maximum atomic E-state index is 6.41. The Morgan fingerprint density at radius 2 is 1.33 bits per heavy atom. The standard InChI is InChI=1S/C46H35NO/c1-31(35-23-24-41-42-28-37-13-5-6-14-38(37)30-45(42)48-44(41)29-35)40-19-7-8-20-43(40)47-46(25-26-46)39-18-10-17-36(27-39)34-16-9-15-33(21-22-34)32-11-3-2-4-12-32/h2-8,10-24,27-30H,9,25-26H2,1H3/b40-31+,47-43?. The minimum Gasteiger partial charge on any atom is -0.456 e. The highest BCUT2D eigenvalue weighted by atomic mass is 16.3. The number of nitrogens with zero attached hydrogens (tertiary/aromatic N) is 1. The van der Waals surface area contributed by atoms with Crippen LogP contribution < -0.4 is 0 Å². The van der Waals surface area contributed by atoms with E-state index in [4.69, 9.17) is 9.41 Å². The molecule has 0 bridgehead atoms. The Labute approximate surface area is 281 Å². The Morgan fingerprint density at radius 3 is 2.15 bits per heavy atom. The molecule has 0 N–H and O–H groups in total. The Balaban J connectivity index is 1.04. The van der Waals surface area contributed by atoms with Gasteiger partial charge in [-0.2, -0.15) is 0 Å². The van der Waals surface area contributed by atoms with Gasteiger partial charge < -0.3 is 4.42 Å². The van der Waals surface area contributed by atoms with Crippen LogP contribution in [0.2, 0.25) is 0 Å². The molecule has 1 heterocycles. The summed E-state index contributed by atoms with van der Waals surface area (Å²) in [6.07, 6.45) is 20.8. The lowest BCUT2D eigenvalue weighted by molar-refractivity contribution is 0.669. The van der Waals surface area contributed by atoms with Crippen molar-refractivity contribution in [2.45, 2.75) is 31.7 Å². The number of furan rings is 1. The molecule has 3 aliphatic carbocycles. The zero-order valence-corrected chi connectivity index (χ0v) is 27.0. The summed E-state index contributed by atoms with van der Waals surface area (Å²) in [5.41, 5.74) is 12.5. The molecule has 0 amide bonds. The van der Waals surface area contributed by atoms with Gasteiger partial charge in [-0.15, -0.1) is 0 Å². The first-order valence-electron chi connectivity index (χ1n) is 16.9. The van der Waals surface area contributed by atoms with Crippen molar-refractivity contribution in [2.24, 2.45) is 4.99 Å². The summed E-state index contributed by atoms with van der Waals surface area (Å²) in [5, 5.41) is 4.72. The van der Waals surface area contributed by atoms with Gasteiger partial charge in [-0.1, -0.05) is 121 Å². The van der Waals surface area contributed by atoms with Gasteiger partial charge in [0.25, 0.3) is 0 Å². The van der Waals surface area contributed by atoms with E-state index in [1.807, 2.05) is 0 Å². The second-order valence-corrected chi connectivity index (χ2v) is 13.1. The molecule has 0 radical (unpaired) electrons. The number of aliphatic imine (C=N–C) groups is 1. The van der Waals surface area contributed by atoms with E-state index >= 15 is 0 Å². The van der Waals surface area contributed by atoms with Gasteiger partial charge in [-0.25, -0.2) is 0 Å². The van der Waals surface area contributed by atoms with Crippen molar-refractivity contribution >= 4 is 55.1 Å². The van der Waals surface area contributed by atoms with Crippen LogP contribution >= 0.6 is 0 Å². The van der Waals surface area contributed by atoms with Crippen molar-refractivity contribution in [3.63, 3.8) is 0 Å². The molecule has 2 nitrogen and oxygen atoms in total. The van der Waals surface area contributed by atoms with Crippen molar-refractivity contribution < 1.29 is 4.42 Å². The lowest BCUT2D eigenvalue weighted by atomic mass is 9.93. The highest BCUT2D eigenvalue weighted by Gasteiger charge is 2.45. The monoisotopic (exact) mass is 617 g/mol. The predicted octanol–water partition coefficient (Wildman–Crippen LogP) is 12.2. The molecule has 0 unspecified atom stereocenters. The van der Waals surface area contributed by atoms with E-state index in [2.05, 4.69) is 165 Å². The third kappa shape index (κ3) is 5.11. The van der Waals surface area contributed by atoms with Gasteiger partial charge in [0.1, 0.15) is 11.2 Å². The van der Waals surface area contributed by atoms with Crippen LogP contribution in [0.25, 0.3) is 49.4 Å². The second-order valence-electron chi connectivity index (χ2n) is 13.1. The lowest BCUT2D eigenvalue weighted by Crippen LogP contribution is -2.11. The summed E-state index contributed by atoms with van der Waals surface area (Å²) >= 11 is 0. The number of allylic oxidation sites excluding steroid dienone is 12. The van der Waals surface area contributed by atoms with Gasteiger partial charge in [-0.3, -0.25) is 4.99 Å². The van der Waals surface area contributed by atoms with Crippen molar-refractivity contribution in [3.05, 3.63) is 186 Å². The molecule has 48 heavy (non-hydrogen) atoms. The fraction of sp³-hybridized carbons (Fsp3) is 0.109.